The van der Waals surface area contributed by atoms with Crippen LogP contribution in [-0.4, -0.2) is 41.3 Å². The molecule has 3 aromatic rings. The Hall–Kier alpha value is -3.15. The van der Waals surface area contributed by atoms with E-state index in [2.05, 4.69) is 10.3 Å². The van der Waals surface area contributed by atoms with Gasteiger partial charge < -0.3 is 15.2 Å². The molecule has 2 amide bonds. The van der Waals surface area contributed by atoms with Gasteiger partial charge in [-0.25, -0.2) is 4.39 Å². The number of H-pyrrole nitrogens is 1. The van der Waals surface area contributed by atoms with Gasteiger partial charge in [-0.3, -0.25) is 9.59 Å². The highest BCUT2D eigenvalue weighted by Crippen LogP contribution is 2.21. The lowest BCUT2D eigenvalue weighted by Gasteiger charge is -2.32. The predicted molar refractivity (Wildman–Crippen MR) is 114 cm³/mol. The number of nitrogens with one attached hydrogen (secondary N) is 2. The molecular formula is C24H26FN3O2. The standard InChI is InChI=1S/C24H26FN3O2/c25-20-9-7-17(8-10-20)11-12-26-24(30)18-4-3-13-28(16-18)23(29)14-19-15-27-22-6-2-1-5-21(19)22/h1-2,5-10,15,18,27H,3-4,11-14,16H2,(H,26,30). The van der Waals surface area contributed by atoms with Crippen LogP contribution in [0.4, 0.5) is 4.39 Å². The van der Waals surface area contributed by atoms with Crippen LogP contribution < -0.4 is 5.32 Å². The summed E-state index contributed by atoms with van der Waals surface area (Å²) in [4.78, 5) is 30.5. The van der Waals surface area contributed by atoms with E-state index in [0.717, 1.165) is 34.9 Å². The average molecular weight is 407 g/mol. The van der Waals surface area contributed by atoms with E-state index in [-0.39, 0.29) is 23.5 Å². The van der Waals surface area contributed by atoms with E-state index >= 15 is 0 Å². The summed E-state index contributed by atoms with van der Waals surface area (Å²) < 4.78 is 13.0. The first-order valence-corrected chi connectivity index (χ1v) is 10.4. The molecule has 156 valence electrons. The molecule has 2 heterocycles. The maximum atomic E-state index is 13.0. The minimum Gasteiger partial charge on any atom is -0.361 e. The first kappa shape index (κ1) is 20.1. The van der Waals surface area contributed by atoms with Crippen molar-refractivity contribution in [3.05, 3.63) is 71.7 Å². The maximum absolute atomic E-state index is 13.0. The zero-order valence-electron chi connectivity index (χ0n) is 16.9. The summed E-state index contributed by atoms with van der Waals surface area (Å²) in [7, 11) is 0. The number of carbonyl (C=O) groups is 2. The van der Waals surface area contributed by atoms with E-state index in [0.29, 0.717) is 32.5 Å². The van der Waals surface area contributed by atoms with E-state index in [9.17, 15) is 14.0 Å². The predicted octanol–water partition coefficient (Wildman–Crippen LogP) is 3.45. The Balaban J connectivity index is 1.29. The van der Waals surface area contributed by atoms with Gasteiger partial charge in [-0.1, -0.05) is 30.3 Å². The lowest BCUT2D eigenvalue weighted by atomic mass is 9.96. The van der Waals surface area contributed by atoms with Gasteiger partial charge in [-0.2, -0.15) is 0 Å². The van der Waals surface area contributed by atoms with Crippen LogP contribution in [0.2, 0.25) is 0 Å². The van der Waals surface area contributed by atoms with Crippen molar-refractivity contribution in [2.24, 2.45) is 5.92 Å². The monoisotopic (exact) mass is 407 g/mol. The molecule has 1 fully saturated rings. The molecule has 4 rings (SSSR count). The number of halogens is 1. The third kappa shape index (κ3) is 4.70. The molecule has 0 saturated carbocycles. The first-order chi connectivity index (χ1) is 14.6. The third-order valence-corrected chi connectivity index (χ3v) is 5.79. The van der Waals surface area contributed by atoms with E-state index < -0.39 is 0 Å². The quantitative estimate of drug-likeness (QED) is 0.657. The summed E-state index contributed by atoms with van der Waals surface area (Å²) in [5, 5.41) is 4.04. The molecule has 1 unspecified atom stereocenters. The fourth-order valence-electron chi connectivity index (χ4n) is 4.10. The molecule has 1 aliphatic heterocycles. The van der Waals surface area contributed by atoms with Gasteiger partial charge in [0.05, 0.1) is 12.3 Å². The van der Waals surface area contributed by atoms with Gasteiger partial charge in [0.1, 0.15) is 5.82 Å². The van der Waals surface area contributed by atoms with Crippen molar-refractivity contribution >= 4 is 22.7 Å². The molecular weight excluding hydrogens is 381 g/mol. The molecule has 1 saturated heterocycles. The van der Waals surface area contributed by atoms with Crippen LogP contribution in [0.25, 0.3) is 10.9 Å². The summed E-state index contributed by atoms with van der Waals surface area (Å²) in [5.74, 6) is -0.397. The zero-order valence-corrected chi connectivity index (χ0v) is 16.9. The Morgan fingerprint density at radius 2 is 1.93 bits per heavy atom. The van der Waals surface area contributed by atoms with Crippen molar-refractivity contribution in [3.8, 4) is 0 Å². The SMILES string of the molecule is O=C(NCCc1ccc(F)cc1)C1CCCN(C(=O)Cc2c[nH]c3ccccc23)C1. The van der Waals surface area contributed by atoms with Gasteiger partial charge >= 0.3 is 0 Å². The van der Waals surface area contributed by atoms with Crippen molar-refractivity contribution in [2.45, 2.75) is 25.7 Å². The molecule has 2 N–H and O–H groups in total. The highest BCUT2D eigenvalue weighted by molar-refractivity contribution is 5.89. The smallest absolute Gasteiger partial charge is 0.227 e. The number of hydrogen-bond acceptors (Lipinski definition) is 2. The number of amides is 2. The lowest BCUT2D eigenvalue weighted by molar-refractivity contribution is -0.135. The van der Waals surface area contributed by atoms with Crippen LogP contribution in [0, 0.1) is 11.7 Å². The van der Waals surface area contributed by atoms with Crippen LogP contribution in [0.15, 0.2) is 54.7 Å². The van der Waals surface area contributed by atoms with E-state index in [4.69, 9.17) is 0 Å². The Labute approximate surface area is 175 Å². The highest BCUT2D eigenvalue weighted by atomic mass is 19.1. The molecule has 6 heteroatoms. The minimum atomic E-state index is -0.262. The maximum Gasteiger partial charge on any atom is 0.227 e. The van der Waals surface area contributed by atoms with Gasteiger partial charge in [-0.15, -0.1) is 0 Å². The zero-order chi connectivity index (χ0) is 20.9. The van der Waals surface area contributed by atoms with Gasteiger partial charge in [0.25, 0.3) is 0 Å². The highest BCUT2D eigenvalue weighted by Gasteiger charge is 2.28. The topological polar surface area (TPSA) is 65.2 Å². The molecule has 1 atom stereocenters. The number of nitrogens with zero attached hydrogens (tertiary/aromatic N) is 1. The Morgan fingerprint density at radius 3 is 2.77 bits per heavy atom. The van der Waals surface area contributed by atoms with Crippen molar-refractivity contribution in [1.29, 1.82) is 0 Å². The summed E-state index contributed by atoms with van der Waals surface area (Å²) in [6.45, 7) is 1.66. The summed E-state index contributed by atoms with van der Waals surface area (Å²) in [6.07, 6.45) is 4.51. The summed E-state index contributed by atoms with van der Waals surface area (Å²) >= 11 is 0. The Kier molecular flexibility index (Phi) is 6.12. The molecule has 0 radical (unpaired) electrons. The number of fused-ring (bicyclic) bond motifs is 1. The van der Waals surface area contributed by atoms with E-state index in [1.165, 1.54) is 12.1 Å². The van der Waals surface area contributed by atoms with Crippen molar-refractivity contribution < 1.29 is 14.0 Å². The molecule has 0 spiro atoms. The molecule has 1 aliphatic rings. The number of aromatic amines is 1. The number of likely N-dealkylation sites (tertiary alicyclic amines) is 1. The third-order valence-electron chi connectivity index (χ3n) is 5.79. The molecule has 2 aromatic carbocycles. The number of aromatic nitrogens is 1. The molecule has 1 aromatic heterocycles. The molecule has 30 heavy (non-hydrogen) atoms. The fraction of sp³-hybridized carbons (Fsp3) is 0.333. The Morgan fingerprint density at radius 1 is 1.13 bits per heavy atom. The number of piperidine rings is 1. The van der Waals surface area contributed by atoms with Crippen LogP contribution in [0.1, 0.15) is 24.0 Å². The molecule has 5 nitrogen and oxygen atoms in total. The minimum absolute atomic E-state index is 0.0123. The summed E-state index contributed by atoms with van der Waals surface area (Å²) in [6, 6.07) is 14.3. The van der Waals surface area contributed by atoms with Gasteiger partial charge in [0.15, 0.2) is 0 Å². The molecule has 0 bridgehead atoms. The van der Waals surface area contributed by atoms with Crippen molar-refractivity contribution in [1.82, 2.24) is 15.2 Å². The van der Waals surface area contributed by atoms with Crippen LogP contribution in [0.5, 0.6) is 0 Å². The van der Waals surface area contributed by atoms with Crippen LogP contribution >= 0.6 is 0 Å². The number of carbonyl (C=O) groups excluding carboxylic acids is 2. The van der Waals surface area contributed by atoms with Crippen LogP contribution in [0.3, 0.4) is 0 Å². The van der Waals surface area contributed by atoms with E-state index in [1.54, 1.807) is 12.1 Å². The van der Waals surface area contributed by atoms with Gasteiger partial charge in [0.2, 0.25) is 11.8 Å². The number of hydrogen-bond donors (Lipinski definition) is 2. The van der Waals surface area contributed by atoms with Crippen LogP contribution in [-0.2, 0) is 22.4 Å². The number of para-hydroxylation sites is 1. The lowest BCUT2D eigenvalue weighted by Crippen LogP contribution is -2.46. The van der Waals surface area contributed by atoms with Crippen molar-refractivity contribution in [3.63, 3.8) is 0 Å². The average Bonchev–Trinajstić information content (AvgIpc) is 3.18. The fourth-order valence-corrected chi connectivity index (χ4v) is 4.10. The van der Waals surface area contributed by atoms with Crippen molar-refractivity contribution in [2.75, 3.05) is 19.6 Å². The summed E-state index contributed by atoms with van der Waals surface area (Å²) in [5.41, 5.74) is 3.00. The van der Waals surface area contributed by atoms with E-state index in [1.807, 2.05) is 35.4 Å². The normalized spacial score (nSPS) is 16.6. The Bertz CT molecular complexity index is 1030. The second-order valence-corrected chi connectivity index (χ2v) is 7.88. The second-order valence-electron chi connectivity index (χ2n) is 7.88. The second kappa shape index (κ2) is 9.11. The van der Waals surface area contributed by atoms with Gasteiger partial charge in [0, 0.05) is 36.7 Å². The molecule has 0 aliphatic carbocycles. The first-order valence-electron chi connectivity index (χ1n) is 10.4. The largest absolute Gasteiger partial charge is 0.361 e. The number of benzene rings is 2. The number of rotatable bonds is 6. The van der Waals surface area contributed by atoms with Gasteiger partial charge in [-0.05, 0) is 48.6 Å².